The average molecular weight is 431 g/mol. The number of rotatable bonds is 4. The van der Waals surface area contributed by atoms with E-state index in [4.69, 9.17) is 0 Å². The molecule has 2 N–H and O–H groups in total. The number of carbonyl (C=O) groups excluding carboxylic acids is 1. The number of aromatic hydroxyl groups is 1. The molecule has 0 saturated carbocycles. The monoisotopic (exact) mass is 431 g/mol. The minimum absolute atomic E-state index is 0.0509. The molecule has 3 heterocycles. The number of hydrogen-bond donors (Lipinski definition) is 2. The second kappa shape index (κ2) is 8.22. The van der Waals surface area contributed by atoms with Gasteiger partial charge in [-0.05, 0) is 17.5 Å². The highest BCUT2D eigenvalue weighted by molar-refractivity contribution is 6.06. The van der Waals surface area contributed by atoms with Gasteiger partial charge in [-0.25, -0.2) is 9.97 Å². The summed E-state index contributed by atoms with van der Waals surface area (Å²) in [6.07, 6.45) is 2.63. The molecule has 2 aliphatic heterocycles. The Labute approximate surface area is 186 Å². The molecule has 8 heteroatoms. The molecule has 2 aromatic carbocycles. The first-order chi connectivity index (χ1) is 15.5. The zero-order chi connectivity index (χ0) is 22.2. The van der Waals surface area contributed by atoms with Crippen LogP contribution in [0.1, 0.15) is 11.3 Å². The lowest BCUT2D eigenvalue weighted by molar-refractivity contribution is -0.118. The van der Waals surface area contributed by atoms with Crippen molar-refractivity contribution in [1.82, 2.24) is 14.9 Å². The summed E-state index contributed by atoms with van der Waals surface area (Å²) in [6, 6.07) is 11.0. The van der Waals surface area contributed by atoms with Gasteiger partial charge in [0, 0.05) is 43.2 Å². The number of amides is 1. The summed E-state index contributed by atoms with van der Waals surface area (Å²) in [7, 11) is 0. The third-order valence-corrected chi connectivity index (χ3v) is 6.26. The van der Waals surface area contributed by atoms with Gasteiger partial charge in [-0.15, -0.1) is 0 Å². The highest BCUT2D eigenvalue weighted by Gasteiger charge is 2.31. The minimum Gasteiger partial charge on any atom is -0.508 e. The van der Waals surface area contributed by atoms with Crippen LogP contribution in [-0.2, 0) is 17.8 Å². The number of carbonyl (C=O) groups is 1. The van der Waals surface area contributed by atoms with Crippen molar-refractivity contribution in [2.45, 2.75) is 19.2 Å². The molecule has 1 amide bonds. The van der Waals surface area contributed by atoms with Crippen LogP contribution in [-0.4, -0.2) is 63.4 Å². The van der Waals surface area contributed by atoms with E-state index in [1.807, 2.05) is 29.2 Å². The summed E-state index contributed by atoms with van der Waals surface area (Å²) in [4.78, 5) is 28.0. The molecule has 1 unspecified atom stereocenters. The zero-order valence-electron chi connectivity index (χ0n) is 17.7. The topological polar surface area (TPSA) is 93.0 Å². The number of aromatic nitrogens is 2. The first-order valence-electron chi connectivity index (χ1n) is 10.7. The van der Waals surface area contributed by atoms with Crippen molar-refractivity contribution in [2.24, 2.45) is 0 Å². The molecule has 3 aromatic rings. The first-order valence-corrected chi connectivity index (χ1v) is 10.7. The van der Waals surface area contributed by atoms with Crippen LogP contribution in [0.5, 0.6) is 5.75 Å². The van der Waals surface area contributed by atoms with E-state index >= 15 is 0 Å². The predicted molar refractivity (Wildman–Crippen MR) is 123 cm³/mol. The summed E-state index contributed by atoms with van der Waals surface area (Å²) >= 11 is 0. The Hall–Kier alpha value is -3.49. The van der Waals surface area contributed by atoms with Gasteiger partial charge < -0.3 is 20.0 Å². The molecule has 1 atom stereocenters. The third kappa shape index (κ3) is 3.57. The van der Waals surface area contributed by atoms with Crippen LogP contribution in [0.2, 0.25) is 0 Å². The van der Waals surface area contributed by atoms with E-state index in [9.17, 15) is 15.0 Å². The number of anilines is 2. The van der Waals surface area contributed by atoms with Crippen molar-refractivity contribution in [3.63, 3.8) is 0 Å². The van der Waals surface area contributed by atoms with E-state index in [-0.39, 0.29) is 18.1 Å². The van der Waals surface area contributed by atoms with Crippen LogP contribution in [0.3, 0.4) is 0 Å². The number of nitrogens with zero attached hydrogens (tertiary/aromatic N) is 5. The fourth-order valence-electron chi connectivity index (χ4n) is 4.58. The lowest BCUT2D eigenvalue weighted by Gasteiger charge is -2.38. The highest BCUT2D eigenvalue weighted by atomic mass is 16.3. The summed E-state index contributed by atoms with van der Waals surface area (Å²) in [5, 5.41) is 22.0. The molecule has 5 rings (SSSR count). The van der Waals surface area contributed by atoms with E-state index in [1.165, 1.54) is 6.08 Å². The summed E-state index contributed by atoms with van der Waals surface area (Å²) in [6.45, 7) is 6.74. The fraction of sp³-hybridized carbons (Fsp3) is 0.292. The van der Waals surface area contributed by atoms with Crippen molar-refractivity contribution < 1.29 is 15.0 Å². The van der Waals surface area contributed by atoms with E-state index in [2.05, 4.69) is 21.4 Å². The maximum absolute atomic E-state index is 13.2. The quantitative estimate of drug-likeness (QED) is 0.611. The average Bonchev–Trinajstić information content (AvgIpc) is 2.82. The molecule has 0 bridgehead atoms. The Morgan fingerprint density at radius 3 is 2.66 bits per heavy atom. The summed E-state index contributed by atoms with van der Waals surface area (Å²) in [5.74, 6) is 0.863. The van der Waals surface area contributed by atoms with Gasteiger partial charge in [-0.3, -0.25) is 9.69 Å². The van der Waals surface area contributed by atoms with Crippen molar-refractivity contribution in [1.29, 1.82) is 0 Å². The molecular weight excluding hydrogens is 406 g/mol. The fourth-order valence-corrected chi connectivity index (χ4v) is 4.58. The number of fused-ring (bicyclic) bond motifs is 2. The lowest BCUT2D eigenvalue weighted by Crippen LogP contribution is -2.50. The maximum Gasteiger partial charge on any atom is 0.232 e. The second-order valence-corrected chi connectivity index (χ2v) is 8.14. The smallest absolute Gasteiger partial charge is 0.232 e. The zero-order valence-corrected chi connectivity index (χ0v) is 17.7. The number of phenols is 1. The number of hydrogen-bond acceptors (Lipinski definition) is 7. The molecular formula is C24H25N5O3. The highest BCUT2D eigenvalue weighted by Crippen LogP contribution is 2.36. The molecule has 8 nitrogen and oxygen atoms in total. The Kier molecular flexibility index (Phi) is 5.24. The lowest BCUT2D eigenvalue weighted by atomic mass is 10.0. The molecule has 32 heavy (non-hydrogen) atoms. The Morgan fingerprint density at radius 1 is 1.09 bits per heavy atom. The van der Waals surface area contributed by atoms with Crippen molar-refractivity contribution in [3.8, 4) is 5.75 Å². The van der Waals surface area contributed by atoms with Crippen LogP contribution < -0.4 is 9.80 Å². The molecule has 0 spiro atoms. The first kappa shape index (κ1) is 20.4. The molecule has 2 aliphatic rings. The van der Waals surface area contributed by atoms with Gasteiger partial charge in [0.05, 0.1) is 24.3 Å². The van der Waals surface area contributed by atoms with Gasteiger partial charge in [0.25, 0.3) is 0 Å². The Balaban J connectivity index is 1.45. The van der Waals surface area contributed by atoms with Crippen LogP contribution in [0.25, 0.3) is 10.8 Å². The van der Waals surface area contributed by atoms with Gasteiger partial charge in [0.2, 0.25) is 5.91 Å². The number of aliphatic hydroxyl groups is 1. The number of aliphatic hydroxyl groups excluding tert-OH is 1. The molecule has 1 aromatic heterocycles. The number of piperazine rings is 1. The van der Waals surface area contributed by atoms with Crippen LogP contribution in [0.4, 0.5) is 11.5 Å². The number of benzene rings is 2. The summed E-state index contributed by atoms with van der Waals surface area (Å²) < 4.78 is 0. The SMILES string of the molecule is C=CC(O)N1CCN(c2ncnc3c2CC(=O)N(c2cc(O)cc4ccccc24)C3)CC1. The van der Waals surface area contributed by atoms with Gasteiger partial charge in [0.15, 0.2) is 0 Å². The molecule has 0 aliphatic carbocycles. The van der Waals surface area contributed by atoms with Gasteiger partial charge >= 0.3 is 0 Å². The third-order valence-electron chi connectivity index (χ3n) is 6.26. The van der Waals surface area contributed by atoms with Crippen molar-refractivity contribution >= 4 is 28.2 Å². The number of phenolic OH excluding ortho intramolecular Hbond substituents is 1. The molecule has 0 radical (unpaired) electrons. The maximum atomic E-state index is 13.2. The van der Waals surface area contributed by atoms with Gasteiger partial charge in [0.1, 0.15) is 24.1 Å². The van der Waals surface area contributed by atoms with Crippen molar-refractivity contribution in [3.05, 3.63) is 66.6 Å². The van der Waals surface area contributed by atoms with Gasteiger partial charge in [-0.1, -0.05) is 30.8 Å². The largest absolute Gasteiger partial charge is 0.508 e. The van der Waals surface area contributed by atoms with Crippen LogP contribution >= 0.6 is 0 Å². The van der Waals surface area contributed by atoms with Crippen molar-refractivity contribution in [2.75, 3.05) is 36.0 Å². The van der Waals surface area contributed by atoms with E-state index in [0.717, 1.165) is 27.8 Å². The van der Waals surface area contributed by atoms with Gasteiger partial charge in [-0.2, -0.15) is 0 Å². The Bertz CT molecular complexity index is 1190. The van der Waals surface area contributed by atoms with Crippen LogP contribution in [0.15, 0.2) is 55.4 Å². The second-order valence-electron chi connectivity index (χ2n) is 8.14. The molecule has 1 saturated heterocycles. The minimum atomic E-state index is -0.649. The standard InChI is InChI=1S/C24H25N5O3/c1-2-22(31)27-7-9-28(10-8-27)24-19-13-23(32)29(14-20(19)25-15-26-24)21-12-17(30)11-16-5-3-4-6-18(16)21/h2-6,11-12,15,22,30-31H,1,7-10,13-14H2. The van der Waals surface area contributed by atoms with E-state index in [0.29, 0.717) is 38.4 Å². The summed E-state index contributed by atoms with van der Waals surface area (Å²) in [5.41, 5.74) is 2.36. The van der Waals surface area contributed by atoms with E-state index in [1.54, 1.807) is 23.4 Å². The molecule has 1 fully saturated rings. The molecule has 164 valence electrons. The van der Waals surface area contributed by atoms with Crippen LogP contribution in [0, 0.1) is 0 Å². The predicted octanol–water partition coefficient (Wildman–Crippen LogP) is 2.05. The normalized spacial score (nSPS) is 18.0. The van der Waals surface area contributed by atoms with E-state index < -0.39 is 6.23 Å². The Morgan fingerprint density at radius 2 is 1.88 bits per heavy atom.